The van der Waals surface area contributed by atoms with Gasteiger partial charge in [-0.2, -0.15) is 0 Å². The molecule has 0 saturated carbocycles. The van der Waals surface area contributed by atoms with Crippen LogP contribution in [0, 0.1) is 0 Å². The Kier molecular flexibility index (Phi) is 5.74. The van der Waals surface area contributed by atoms with Crippen LogP contribution in [0.4, 0.5) is 0 Å². The van der Waals surface area contributed by atoms with Gasteiger partial charge in [-0.3, -0.25) is 4.98 Å². The van der Waals surface area contributed by atoms with Crippen LogP contribution in [-0.4, -0.2) is 23.6 Å². The van der Waals surface area contributed by atoms with Gasteiger partial charge in [-0.15, -0.1) is 0 Å². The molecule has 0 aliphatic heterocycles. The molecule has 0 radical (unpaired) electrons. The quantitative estimate of drug-likeness (QED) is 0.802. The first-order chi connectivity index (χ1) is 7.58. The molecule has 1 aromatic heterocycles. The molecule has 1 rings (SSSR count). The van der Waals surface area contributed by atoms with Gasteiger partial charge in [-0.25, -0.2) is 0 Å². The number of hydrogen-bond acceptors (Lipinski definition) is 3. The summed E-state index contributed by atoms with van der Waals surface area (Å²) in [6.45, 7) is 8.19. The molecule has 0 fully saturated rings. The lowest BCUT2D eigenvalue weighted by molar-refractivity contribution is 0.471. The van der Waals surface area contributed by atoms with Crippen LogP contribution < -0.4 is 10.6 Å². The highest BCUT2D eigenvalue weighted by molar-refractivity contribution is 6.30. The number of nitrogens with one attached hydrogen (secondary N) is 2. The van der Waals surface area contributed by atoms with Crippen LogP contribution in [0.5, 0.6) is 0 Å². The molecule has 0 aliphatic rings. The molecule has 2 N–H and O–H groups in total. The van der Waals surface area contributed by atoms with E-state index in [0.717, 1.165) is 18.8 Å². The number of pyridine rings is 1. The highest BCUT2D eigenvalue weighted by atomic mass is 35.5. The first-order valence-corrected chi connectivity index (χ1v) is 6.03. The number of rotatable bonds is 6. The topological polar surface area (TPSA) is 37.0 Å². The van der Waals surface area contributed by atoms with E-state index in [1.165, 1.54) is 0 Å². The van der Waals surface area contributed by atoms with Gasteiger partial charge >= 0.3 is 0 Å². The third-order valence-electron chi connectivity index (χ3n) is 2.25. The Morgan fingerprint density at radius 3 is 2.56 bits per heavy atom. The average Bonchev–Trinajstić information content (AvgIpc) is 2.25. The SMILES string of the molecule is CC(C)NCC(C)NCc1ccc(Cl)cn1. The van der Waals surface area contributed by atoms with Gasteiger partial charge < -0.3 is 10.6 Å². The van der Waals surface area contributed by atoms with Gasteiger partial charge in [0, 0.05) is 31.4 Å². The molecular weight excluding hydrogens is 222 g/mol. The zero-order valence-electron chi connectivity index (χ0n) is 10.1. The first-order valence-electron chi connectivity index (χ1n) is 5.65. The maximum absolute atomic E-state index is 5.77. The minimum absolute atomic E-state index is 0.430. The summed E-state index contributed by atoms with van der Waals surface area (Å²) in [5, 5.41) is 7.47. The minimum atomic E-state index is 0.430. The summed E-state index contributed by atoms with van der Waals surface area (Å²) in [7, 11) is 0. The Bertz CT molecular complexity index is 298. The zero-order valence-corrected chi connectivity index (χ0v) is 10.9. The molecule has 0 aliphatic carbocycles. The van der Waals surface area contributed by atoms with E-state index in [-0.39, 0.29) is 0 Å². The van der Waals surface area contributed by atoms with Crippen molar-refractivity contribution in [3.05, 3.63) is 29.0 Å². The summed E-state index contributed by atoms with van der Waals surface area (Å²) in [6.07, 6.45) is 1.68. The van der Waals surface area contributed by atoms with E-state index in [2.05, 4.69) is 36.4 Å². The van der Waals surface area contributed by atoms with Crippen molar-refractivity contribution in [2.24, 2.45) is 0 Å². The molecule has 0 bridgehead atoms. The zero-order chi connectivity index (χ0) is 12.0. The summed E-state index contributed by atoms with van der Waals surface area (Å²) in [4.78, 5) is 4.23. The first kappa shape index (κ1) is 13.4. The molecule has 16 heavy (non-hydrogen) atoms. The lowest BCUT2D eigenvalue weighted by atomic mass is 10.3. The molecule has 1 aromatic rings. The molecule has 90 valence electrons. The molecule has 0 aromatic carbocycles. The average molecular weight is 242 g/mol. The van der Waals surface area contributed by atoms with E-state index in [1.807, 2.05) is 12.1 Å². The third kappa shape index (κ3) is 5.45. The Morgan fingerprint density at radius 2 is 2.00 bits per heavy atom. The van der Waals surface area contributed by atoms with Crippen molar-refractivity contribution in [3.63, 3.8) is 0 Å². The van der Waals surface area contributed by atoms with Gasteiger partial charge in [0.15, 0.2) is 0 Å². The summed E-state index contributed by atoms with van der Waals surface area (Å²) in [5.74, 6) is 0. The van der Waals surface area contributed by atoms with Crippen LogP contribution in [-0.2, 0) is 6.54 Å². The Hall–Kier alpha value is -0.640. The fourth-order valence-electron chi connectivity index (χ4n) is 1.27. The molecule has 1 heterocycles. The number of aromatic nitrogens is 1. The van der Waals surface area contributed by atoms with E-state index < -0.39 is 0 Å². The molecular formula is C12H20ClN3. The van der Waals surface area contributed by atoms with Gasteiger partial charge in [-0.1, -0.05) is 25.4 Å². The summed E-state index contributed by atoms with van der Waals surface area (Å²) < 4.78 is 0. The van der Waals surface area contributed by atoms with Gasteiger partial charge in [-0.05, 0) is 19.1 Å². The Balaban J connectivity index is 2.26. The van der Waals surface area contributed by atoms with Crippen molar-refractivity contribution >= 4 is 11.6 Å². The fourth-order valence-corrected chi connectivity index (χ4v) is 1.39. The monoisotopic (exact) mass is 241 g/mol. The van der Waals surface area contributed by atoms with Crippen LogP contribution in [0.2, 0.25) is 5.02 Å². The van der Waals surface area contributed by atoms with Crippen molar-refractivity contribution in [3.8, 4) is 0 Å². The van der Waals surface area contributed by atoms with Crippen molar-refractivity contribution in [2.45, 2.75) is 39.4 Å². The maximum Gasteiger partial charge on any atom is 0.0589 e. The third-order valence-corrected chi connectivity index (χ3v) is 2.48. The van der Waals surface area contributed by atoms with Crippen molar-refractivity contribution in [2.75, 3.05) is 6.54 Å². The van der Waals surface area contributed by atoms with Crippen molar-refractivity contribution < 1.29 is 0 Å². The Morgan fingerprint density at radius 1 is 1.25 bits per heavy atom. The molecule has 0 amide bonds. The smallest absolute Gasteiger partial charge is 0.0589 e. The summed E-state index contributed by atoms with van der Waals surface area (Å²) in [6, 6.07) is 4.76. The second-order valence-electron chi connectivity index (χ2n) is 4.31. The normalized spacial score (nSPS) is 13.1. The lowest BCUT2D eigenvalue weighted by Gasteiger charge is -2.16. The number of nitrogens with zero attached hydrogens (tertiary/aromatic N) is 1. The van der Waals surface area contributed by atoms with Gasteiger partial charge in [0.25, 0.3) is 0 Å². The standard InChI is InChI=1S/C12H20ClN3/c1-9(2)14-6-10(3)15-8-12-5-4-11(13)7-16-12/h4-5,7,9-10,14-15H,6,8H2,1-3H3. The van der Waals surface area contributed by atoms with Crippen LogP contribution in [0.25, 0.3) is 0 Å². The van der Waals surface area contributed by atoms with E-state index in [9.17, 15) is 0 Å². The fraction of sp³-hybridized carbons (Fsp3) is 0.583. The van der Waals surface area contributed by atoms with Crippen molar-refractivity contribution in [1.29, 1.82) is 0 Å². The lowest BCUT2D eigenvalue weighted by Crippen LogP contribution is -2.38. The highest BCUT2D eigenvalue weighted by Crippen LogP contribution is 2.05. The van der Waals surface area contributed by atoms with E-state index in [1.54, 1.807) is 6.20 Å². The van der Waals surface area contributed by atoms with Gasteiger partial charge in [0.1, 0.15) is 0 Å². The van der Waals surface area contributed by atoms with E-state index in [0.29, 0.717) is 17.1 Å². The second-order valence-corrected chi connectivity index (χ2v) is 4.75. The van der Waals surface area contributed by atoms with Gasteiger partial charge in [0.05, 0.1) is 10.7 Å². The van der Waals surface area contributed by atoms with Crippen molar-refractivity contribution in [1.82, 2.24) is 15.6 Å². The van der Waals surface area contributed by atoms with Gasteiger partial charge in [0.2, 0.25) is 0 Å². The molecule has 3 nitrogen and oxygen atoms in total. The predicted octanol–water partition coefficient (Wildman–Crippen LogP) is 2.21. The summed E-state index contributed by atoms with van der Waals surface area (Å²) in [5.41, 5.74) is 1.01. The molecule has 0 saturated heterocycles. The van der Waals surface area contributed by atoms with Crippen LogP contribution in [0.3, 0.4) is 0 Å². The minimum Gasteiger partial charge on any atom is -0.313 e. The number of halogens is 1. The molecule has 1 unspecified atom stereocenters. The molecule has 1 atom stereocenters. The van der Waals surface area contributed by atoms with Crippen LogP contribution in [0.15, 0.2) is 18.3 Å². The Labute approximate surface area is 103 Å². The summed E-state index contributed by atoms with van der Waals surface area (Å²) >= 11 is 5.77. The maximum atomic E-state index is 5.77. The molecule has 0 spiro atoms. The highest BCUT2D eigenvalue weighted by Gasteiger charge is 2.02. The largest absolute Gasteiger partial charge is 0.313 e. The van der Waals surface area contributed by atoms with E-state index in [4.69, 9.17) is 11.6 Å². The van der Waals surface area contributed by atoms with E-state index >= 15 is 0 Å². The van der Waals surface area contributed by atoms with Crippen LogP contribution in [0.1, 0.15) is 26.5 Å². The number of hydrogen-bond donors (Lipinski definition) is 2. The predicted molar refractivity (Wildman–Crippen MR) is 68.7 cm³/mol. The van der Waals surface area contributed by atoms with Crippen LogP contribution >= 0.6 is 11.6 Å². The second kappa shape index (κ2) is 6.84. The molecule has 4 heteroatoms.